The van der Waals surface area contributed by atoms with Gasteiger partial charge in [0.25, 0.3) is 0 Å². The van der Waals surface area contributed by atoms with Gasteiger partial charge in [0.2, 0.25) is 5.90 Å². The summed E-state index contributed by atoms with van der Waals surface area (Å²) in [5.74, 6) is 1.60. The van der Waals surface area contributed by atoms with Crippen LogP contribution in [0.3, 0.4) is 0 Å². The molecule has 0 radical (unpaired) electrons. The number of benzene rings is 1. The summed E-state index contributed by atoms with van der Waals surface area (Å²) >= 11 is 0. The Hall–Kier alpha value is -1.55. The fourth-order valence-corrected chi connectivity index (χ4v) is 2.20. The van der Waals surface area contributed by atoms with Gasteiger partial charge in [-0.15, -0.1) is 0 Å². The van der Waals surface area contributed by atoms with Gasteiger partial charge >= 0.3 is 0 Å². The molecule has 0 amide bonds. The molecule has 1 N–H and O–H groups in total. The maximum Gasteiger partial charge on any atom is 0.215 e. The molecule has 1 aliphatic heterocycles. The van der Waals surface area contributed by atoms with Gasteiger partial charge in [0.1, 0.15) is 11.9 Å². The van der Waals surface area contributed by atoms with Crippen LogP contribution in [0.15, 0.2) is 29.3 Å². The van der Waals surface area contributed by atoms with Gasteiger partial charge in [-0.1, -0.05) is 0 Å². The molecule has 0 saturated carbocycles. The molecule has 104 valence electrons. The van der Waals surface area contributed by atoms with Crippen molar-refractivity contribution >= 4 is 5.90 Å². The van der Waals surface area contributed by atoms with Crippen molar-refractivity contribution < 1.29 is 9.47 Å². The molecule has 0 aromatic heterocycles. The molecule has 4 nitrogen and oxygen atoms in total. The van der Waals surface area contributed by atoms with Gasteiger partial charge in [0.15, 0.2) is 0 Å². The second kappa shape index (κ2) is 7.14. The highest BCUT2D eigenvalue weighted by Gasteiger charge is 2.14. The van der Waals surface area contributed by atoms with Crippen LogP contribution in [0.4, 0.5) is 0 Å². The van der Waals surface area contributed by atoms with Crippen LogP contribution < -0.4 is 10.1 Å². The molecule has 19 heavy (non-hydrogen) atoms. The van der Waals surface area contributed by atoms with Gasteiger partial charge in [-0.3, -0.25) is 4.99 Å². The maximum absolute atomic E-state index is 5.96. The number of nitrogens with one attached hydrogen (secondary N) is 1. The largest absolute Gasteiger partial charge is 0.490 e. The van der Waals surface area contributed by atoms with Crippen LogP contribution in [0.1, 0.15) is 25.3 Å². The Morgan fingerprint density at radius 1 is 1.26 bits per heavy atom. The summed E-state index contributed by atoms with van der Waals surface area (Å²) in [5, 5.41) is 3.33. The second-order valence-corrected chi connectivity index (χ2v) is 4.55. The van der Waals surface area contributed by atoms with Crippen molar-refractivity contribution in [2.24, 2.45) is 4.99 Å². The molecular weight excluding hydrogens is 240 g/mol. The summed E-state index contributed by atoms with van der Waals surface area (Å²) in [4.78, 5) is 4.14. The highest BCUT2D eigenvalue weighted by molar-refractivity contribution is 5.94. The van der Waals surface area contributed by atoms with Crippen LogP contribution in [-0.4, -0.2) is 38.7 Å². The van der Waals surface area contributed by atoms with E-state index in [1.165, 1.54) is 0 Å². The van der Waals surface area contributed by atoms with Crippen molar-refractivity contribution in [3.8, 4) is 5.75 Å². The first kappa shape index (κ1) is 13.9. The Bertz CT molecular complexity index is 409. The second-order valence-electron chi connectivity index (χ2n) is 4.55. The lowest BCUT2D eigenvalue weighted by Gasteiger charge is -2.23. The zero-order chi connectivity index (χ0) is 13.5. The zero-order valence-electron chi connectivity index (χ0n) is 11.7. The minimum atomic E-state index is 0.332. The summed E-state index contributed by atoms with van der Waals surface area (Å²) in [5.41, 5.74) is 0.988. The van der Waals surface area contributed by atoms with Crippen LogP contribution >= 0.6 is 0 Å². The van der Waals surface area contributed by atoms with Crippen molar-refractivity contribution in [1.29, 1.82) is 0 Å². The number of piperidine rings is 1. The molecule has 1 aromatic carbocycles. The molecule has 0 bridgehead atoms. The predicted molar refractivity (Wildman–Crippen MR) is 77.0 cm³/mol. The minimum absolute atomic E-state index is 0.332. The lowest BCUT2D eigenvalue weighted by Crippen LogP contribution is -2.34. The van der Waals surface area contributed by atoms with E-state index in [-0.39, 0.29) is 0 Å². The molecule has 4 heteroatoms. The molecule has 0 unspecified atom stereocenters. The summed E-state index contributed by atoms with van der Waals surface area (Å²) < 4.78 is 11.4. The average molecular weight is 262 g/mol. The standard InChI is InChI=1S/C15H22N2O2/c1-3-18-15(16-2)12-4-6-13(7-5-12)19-14-8-10-17-11-9-14/h4-7,14,17H,3,8-11H2,1-2H3/b16-15-. The zero-order valence-corrected chi connectivity index (χ0v) is 11.7. The van der Waals surface area contributed by atoms with E-state index in [2.05, 4.69) is 10.3 Å². The normalized spacial score (nSPS) is 17.3. The van der Waals surface area contributed by atoms with Crippen LogP contribution in [0.5, 0.6) is 5.75 Å². The minimum Gasteiger partial charge on any atom is -0.490 e. The van der Waals surface area contributed by atoms with Crippen molar-refractivity contribution in [3.63, 3.8) is 0 Å². The highest BCUT2D eigenvalue weighted by Crippen LogP contribution is 2.18. The Labute approximate surface area is 114 Å². The fraction of sp³-hybridized carbons (Fsp3) is 0.533. The quantitative estimate of drug-likeness (QED) is 0.668. The van der Waals surface area contributed by atoms with Gasteiger partial charge in [0, 0.05) is 12.6 Å². The SMILES string of the molecule is CCO/C(=N\C)c1ccc(OC2CCNCC2)cc1. The highest BCUT2D eigenvalue weighted by atomic mass is 16.5. The Morgan fingerprint density at radius 2 is 1.95 bits per heavy atom. The third-order valence-corrected chi connectivity index (χ3v) is 3.17. The molecule has 0 atom stereocenters. The van der Waals surface area contributed by atoms with E-state index in [1.807, 2.05) is 31.2 Å². The van der Waals surface area contributed by atoms with E-state index in [1.54, 1.807) is 7.05 Å². The molecule has 0 aliphatic carbocycles. The first-order valence-corrected chi connectivity index (χ1v) is 6.91. The molecule has 2 rings (SSSR count). The molecular formula is C15H22N2O2. The van der Waals surface area contributed by atoms with Gasteiger partial charge in [-0.2, -0.15) is 0 Å². The van der Waals surface area contributed by atoms with E-state index in [4.69, 9.17) is 9.47 Å². The third-order valence-electron chi connectivity index (χ3n) is 3.17. The van der Waals surface area contributed by atoms with Crippen LogP contribution in [0.2, 0.25) is 0 Å². The van der Waals surface area contributed by atoms with Crippen molar-refractivity contribution in [1.82, 2.24) is 5.32 Å². The molecule has 1 aliphatic rings. The number of hydrogen-bond donors (Lipinski definition) is 1. The topological polar surface area (TPSA) is 42.9 Å². The Balaban J connectivity index is 1.97. The van der Waals surface area contributed by atoms with Crippen molar-refractivity contribution in [2.75, 3.05) is 26.7 Å². The molecule has 1 aromatic rings. The van der Waals surface area contributed by atoms with E-state index < -0.39 is 0 Å². The third kappa shape index (κ3) is 3.96. The maximum atomic E-state index is 5.96. The average Bonchev–Trinajstić information content (AvgIpc) is 2.47. The first-order valence-electron chi connectivity index (χ1n) is 6.91. The monoisotopic (exact) mass is 262 g/mol. The lowest BCUT2D eigenvalue weighted by molar-refractivity contribution is 0.162. The number of ether oxygens (including phenoxy) is 2. The van der Waals surface area contributed by atoms with E-state index in [9.17, 15) is 0 Å². The van der Waals surface area contributed by atoms with E-state index >= 15 is 0 Å². The summed E-state index contributed by atoms with van der Waals surface area (Å²) in [6.07, 6.45) is 2.48. The predicted octanol–water partition coefficient (Wildman–Crippen LogP) is 2.23. The van der Waals surface area contributed by atoms with Gasteiger partial charge in [0.05, 0.1) is 6.61 Å². The van der Waals surface area contributed by atoms with Crippen molar-refractivity contribution in [3.05, 3.63) is 29.8 Å². The van der Waals surface area contributed by atoms with E-state index in [0.717, 1.165) is 37.2 Å². The number of rotatable bonds is 4. The van der Waals surface area contributed by atoms with Crippen LogP contribution in [0, 0.1) is 0 Å². The molecule has 0 spiro atoms. The van der Waals surface area contributed by atoms with Gasteiger partial charge in [-0.05, 0) is 57.1 Å². The van der Waals surface area contributed by atoms with Crippen LogP contribution in [0.25, 0.3) is 0 Å². The van der Waals surface area contributed by atoms with Gasteiger partial charge in [-0.25, -0.2) is 0 Å². The fourth-order valence-electron chi connectivity index (χ4n) is 2.20. The molecule has 1 heterocycles. The molecule has 1 saturated heterocycles. The van der Waals surface area contributed by atoms with Crippen molar-refractivity contribution in [2.45, 2.75) is 25.9 Å². The lowest BCUT2D eigenvalue weighted by atomic mass is 10.1. The Kier molecular flexibility index (Phi) is 5.21. The summed E-state index contributed by atoms with van der Waals surface area (Å²) in [7, 11) is 1.74. The summed E-state index contributed by atoms with van der Waals surface area (Å²) in [6.45, 7) is 4.67. The number of hydrogen-bond acceptors (Lipinski definition) is 4. The first-order chi connectivity index (χ1) is 9.33. The summed E-state index contributed by atoms with van der Waals surface area (Å²) in [6, 6.07) is 7.96. The Morgan fingerprint density at radius 3 is 2.53 bits per heavy atom. The molecule has 1 fully saturated rings. The smallest absolute Gasteiger partial charge is 0.215 e. The van der Waals surface area contributed by atoms with Crippen LogP contribution in [-0.2, 0) is 4.74 Å². The van der Waals surface area contributed by atoms with E-state index in [0.29, 0.717) is 18.6 Å². The number of aliphatic imine (C=N–C) groups is 1. The van der Waals surface area contributed by atoms with Gasteiger partial charge < -0.3 is 14.8 Å². The number of nitrogens with zero attached hydrogens (tertiary/aromatic N) is 1.